The number of halogens is 1. The topological polar surface area (TPSA) is 20.3 Å². The van der Waals surface area contributed by atoms with E-state index in [2.05, 4.69) is 0 Å². The molecular weight excluding hydrogens is 181 g/mol. The van der Waals surface area contributed by atoms with E-state index in [0.717, 1.165) is 12.1 Å². The van der Waals surface area contributed by atoms with E-state index >= 15 is 0 Å². The highest BCUT2D eigenvalue weighted by molar-refractivity contribution is 5.79. The quantitative estimate of drug-likeness (QED) is 0.665. The number of hydrogen-bond donors (Lipinski definition) is 0. The van der Waals surface area contributed by atoms with E-state index in [1.54, 1.807) is 24.1 Å². The SMILES string of the molecule is CN1CC(c2ccc(F)cc2)CC1=O. The first-order valence-electron chi connectivity index (χ1n) is 4.66. The Balaban J connectivity index is 2.17. The van der Waals surface area contributed by atoms with Gasteiger partial charge in [0.2, 0.25) is 5.91 Å². The number of carbonyl (C=O) groups excluding carboxylic acids is 1. The Bertz CT molecular complexity index is 347. The summed E-state index contributed by atoms with van der Waals surface area (Å²) in [6.45, 7) is 0.741. The summed E-state index contributed by atoms with van der Waals surface area (Å²) in [4.78, 5) is 13.0. The van der Waals surface area contributed by atoms with Crippen LogP contribution in [0, 0.1) is 5.82 Å². The van der Waals surface area contributed by atoms with E-state index in [0.29, 0.717) is 6.42 Å². The normalized spacial score (nSPS) is 21.7. The van der Waals surface area contributed by atoms with Crippen molar-refractivity contribution in [2.75, 3.05) is 13.6 Å². The van der Waals surface area contributed by atoms with Gasteiger partial charge in [0.25, 0.3) is 0 Å². The molecule has 74 valence electrons. The van der Waals surface area contributed by atoms with Crippen LogP contribution in [0.5, 0.6) is 0 Å². The third kappa shape index (κ3) is 1.62. The highest BCUT2D eigenvalue weighted by Crippen LogP contribution is 2.26. The van der Waals surface area contributed by atoms with Gasteiger partial charge in [-0.05, 0) is 17.7 Å². The number of likely N-dealkylation sites (N-methyl/N-ethyl adjacent to an activating group) is 1. The third-order valence-corrected chi connectivity index (χ3v) is 2.68. The fraction of sp³-hybridized carbons (Fsp3) is 0.364. The minimum atomic E-state index is -0.230. The minimum Gasteiger partial charge on any atom is -0.345 e. The molecule has 0 spiro atoms. The van der Waals surface area contributed by atoms with Crippen LogP contribution in [-0.2, 0) is 4.79 Å². The van der Waals surface area contributed by atoms with Crippen molar-refractivity contribution >= 4 is 5.91 Å². The Kier molecular flexibility index (Phi) is 2.23. The molecule has 1 unspecified atom stereocenters. The molecule has 3 heteroatoms. The van der Waals surface area contributed by atoms with Crippen molar-refractivity contribution in [1.82, 2.24) is 4.90 Å². The summed E-state index contributed by atoms with van der Waals surface area (Å²) < 4.78 is 12.6. The van der Waals surface area contributed by atoms with Gasteiger partial charge in [-0.25, -0.2) is 4.39 Å². The average molecular weight is 193 g/mol. The highest BCUT2D eigenvalue weighted by atomic mass is 19.1. The molecule has 2 rings (SSSR count). The molecule has 1 atom stereocenters. The second-order valence-corrected chi connectivity index (χ2v) is 3.73. The molecule has 1 aliphatic heterocycles. The van der Waals surface area contributed by atoms with E-state index in [1.165, 1.54) is 12.1 Å². The van der Waals surface area contributed by atoms with Crippen LogP contribution in [0.1, 0.15) is 17.9 Å². The monoisotopic (exact) mass is 193 g/mol. The molecule has 0 radical (unpaired) electrons. The molecule has 2 nitrogen and oxygen atoms in total. The zero-order valence-corrected chi connectivity index (χ0v) is 8.03. The van der Waals surface area contributed by atoms with Gasteiger partial charge in [0.05, 0.1) is 0 Å². The zero-order chi connectivity index (χ0) is 10.1. The van der Waals surface area contributed by atoms with Crippen molar-refractivity contribution in [3.63, 3.8) is 0 Å². The summed E-state index contributed by atoms with van der Waals surface area (Å²) in [6, 6.07) is 6.40. The third-order valence-electron chi connectivity index (χ3n) is 2.68. The molecule has 14 heavy (non-hydrogen) atoms. The van der Waals surface area contributed by atoms with Gasteiger partial charge in [0, 0.05) is 25.9 Å². The van der Waals surface area contributed by atoms with Gasteiger partial charge in [-0.2, -0.15) is 0 Å². The average Bonchev–Trinajstić information content (AvgIpc) is 2.48. The van der Waals surface area contributed by atoms with E-state index < -0.39 is 0 Å². The summed E-state index contributed by atoms with van der Waals surface area (Å²) in [5.41, 5.74) is 1.05. The maximum absolute atomic E-state index is 12.6. The number of likely N-dealkylation sites (tertiary alicyclic amines) is 1. The maximum Gasteiger partial charge on any atom is 0.223 e. The Morgan fingerprint density at radius 1 is 1.36 bits per heavy atom. The van der Waals surface area contributed by atoms with Crippen LogP contribution in [0.25, 0.3) is 0 Å². The van der Waals surface area contributed by atoms with Gasteiger partial charge in [-0.1, -0.05) is 12.1 Å². The lowest BCUT2D eigenvalue weighted by Gasteiger charge is -2.09. The zero-order valence-electron chi connectivity index (χ0n) is 8.03. The van der Waals surface area contributed by atoms with Crippen molar-refractivity contribution < 1.29 is 9.18 Å². The van der Waals surface area contributed by atoms with Gasteiger partial charge >= 0.3 is 0 Å². The van der Waals surface area contributed by atoms with E-state index in [1.807, 2.05) is 0 Å². The van der Waals surface area contributed by atoms with E-state index in [4.69, 9.17) is 0 Å². The fourth-order valence-electron chi connectivity index (χ4n) is 1.82. The van der Waals surface area contributed by atoms with Crippen LogP contribution >= 0.6 is 0 Å². The molecule has 1 aromatic carbocycles. The molecule has 0 aliphatic carbocycles. The number of benzene rings is 1. The van der Waals surface area contributed by atoms with Crippen molar-refractivity contribution in [3.8, 4) is 0 Å². The number of carbonyl (C=O) groups is 1. The Morgan fingerprint density at radius 3 is 2.50 bits per heavy atom. The molecule has 1 aromatic rings. The van der Waals surface area contributed by atoms with Gasteiger partial charge in [0.15, 0.2) is 0 Å². The largest absolute Gasteiger partial charge is 0.345 e. The van der Waals surface area contributed by atoms with E-state index in [-0.39, 0.29) is 17.6 Å². The summed E-state index contributed by atoms with van der Waals surface area (Å²) in [6.07, 6.45) is 0.544. The Hall–Kier alpha value is -1.38. The second-order valence-electron chi connectivity index (χ2n) is 3.73. The van der Waals surface area contributed by atoms with Crippen molar-refractivity contribution in [1.29, 1.82) is 0 Å². The molecule has 1 saturated heterocycles. The fourth-order valence-corrected chi connectivity index (χ4v) is 1.82. The van der Waals surface area contributed by atoms with Crippen LogP contribution in [-0.4, -0.2) is 24.4 Å². The van der Waals surface area contributed by atoms with Crippen LogP contribution in [0.2, 0.25) is 0 Å². The van der Waals surface area contributed by atoms with Crippen LogP contribution in [0.3, 0.4) is 0 Å². The van der Waals surface area contributed by atoms with Crippen molar-refractivity contribution in [2.45, 2.75) is 12.3 Å². The summed E-state index contributed by atoms with van der Waals surface area (Å²) in [5.74, 6) is 0.166. The van der Waals surface area contributed by atoms with Gasteiger partial charge < -0.3 is 4.90 Å². The number of hydrogen-bond acceptors (Lipinski definition) is 1. The summed E-state index contributed by atoms with van der Waals surface area (Å²) in [5, 5.41) is 0. The molecule has 1 fully saturated rings. The minimum absolute atomic E-state index is 0.166. The predicted molar refractivity (Wildman–Crippen MR) is 51.4 cm³/mol. The smallest absolute Gasteiger partial charge is 0.223 e. The first-order valence-corrected chi connectivity index (χ1v) is 4.66. The molecule has 1 amide bonds. The Morgan fingerprint density at radius 2 is 2.00 bits per heavy atom. The van der Waals surface area contributed by atoms with Crippen LogP contribution in [0.15, 0.2) is 24.3 Å². The second kappa shape index (κ2) is 3.40. The molecule has 1 heterocycles. The highest BCUT2D eigenvalue weighted by Gasteiger charge is 2.27. The molecule has 1 aliphatic rings. The first-order chi connectivity index (χ1) is 6.66. The molecule has 0 bridgehead atoms. The number of amides is 1. The molecular formula is C11H12FNO. The lowest BCUT2D eigenvalue weighted by Crippen LogP contribution is -2.18. The van der Waals surface area contributed by atoms with E-state index in [9.17, 15) is 9.18 Å². The van der Waals surface area contributed by atoms with Crippen LogP contribution < -0.4 is 0 Å². The van der Waals surface area contributed by atoms with Crippen molar-refractivity contribution in [3.05, 3.63) is 35.6 Å². The van der Waals surface area contributed by atoms with Gasteiger partial charge in [-0.15, -0.1) is 0 Å². The molecule has 0 N–H and O–H groups in total. The lowest BCUT2D eigenvalue weighted by atomic mass is 9.98. The molecule has 0 aromatic heterocycles. The summed E-state index contributed by atoms with van der Waals surface area (Å²) >= 11 is 0. The summed E-state index contributed by atoms with van der Waals surface area (Å²) in [7, 11) is 1.80. The standard InChI is InChI=1S/C11H12FNO/c1-13-7-9(6-11(13)14)8-2-4-10(12)5-3-8/h2-5,9H,6-7H2,1H3. The van der Waals surface area contributed by atoms with Crippen LogP contribution in [0.4, 0.5) is 4.39 Å². The lowest BCUT2D eigenvalue weighted by molar-refractivity contribution is -0.126. The van der Waals surface area contributed by atoms with Gasteiger partial charge in [-0.3, -0.25) is 4.79 Å². The molecule has 0 saturated carbocycles. The number of rotatable bonds is 1. The number of nitrogens with zero attached hydrogens (tertiary/aromatic N) is 1. The predicted octanol–water partition coefficient (Wildman–Crippen LogP) is 1.77. The van der Waals surface area contributed by atoms with Crippen molar-refractivity contribution in [2.24, 2.45) is 0 Å². The first kappa shape index (κ1) is 9.19. The maximum atomic E-state index is 12.6. The Labute approximate surface area is 82.3 Å². The van der Waals surface area contributed by atoms with Gasteiger partial charge in [0.1, 0.15) is 5.82 Å².